The molecule has 0 saturated heterocycles. The number of aryl methyl sites for hydroxylation is 2. The summed E-state index contributed by atoms with van der Waals surface area (Å²) in [5.74, 6) is 0.855. The summed E-state index contributed by atoms with van der Waals surface area (Å²) in [6, 6.07) is 22.8. The van der Waals surface area contributed by atoms with Crippen LogP contribution in [0.15, 0.2) is 72.8 Å². The largest absolute Gasteiger partial charge is 0.497 e. The van der Waals surface area contributed by atoms with Gasteiger partial charge in [-0.05, 0) is 80.4 Å². The van der Waals surface area contributed by atoms with Gasteiger partial charge in [0.15, 0.2) is 0 Å². The highest BCUT2D eigenvalue weighted by molar-refractivity contribution is 6.12. The van der Waals surface area contributed by atoms with E-state index in [0.717, 1.165) is 28.0 Å². The van der Waals surface area contributed by atoms with Crippen molar-refractivity contribution in [2.24, 2.45) is 0 Å². The molecular formula is C31H32N4O4. The zero-order valence-corrected chi connectivity index (χ0v) is 22.8. The van der Waals surface area contributed by atoms with Gasteiger partial charge in [-0.1, -0.05) is 24.3 Å². The van der Waals surface area contributed by atoms with Gasteiger partial charge < -0.3 is 14.8 Å². The highest BCUT2D eigenvalue weighted by atomic mass is 16.5. The fraction of sp³-hybridized carbons (Fsp3) is 0.258. The summed E-state index contributed by atoms with van der Waals surface area (Å²) >= 11 is 0. The number of nitrogens with zero attached hydrogens (tertiary/aromatic N) is 3. The molecule has 1 aliphatic rings. The Balaban J connectivity index is 1.55. The van der Waals surface area contributed by atoms with Crippen molar-refractivity contribution in [3.63, 3.8) is 0 Å². The van der Waals surface area contributed by atoms with Crippen molar-refractivity contribution in [3.05, 3.63) is 95.2 Å². The van der Waals surface area contributed by atoms with Crippen LogP contribution in [0.3, 0.4) is 0 Å². The Bertz CT molecular complexity index is 1520. The van der Waals surface area contributed by atoms with Crippen LogP contribution in [0.5, 0.6) is 11.5 Å². The average molecular weight is 525 g/mol. The zero-order chi connectivity index (χ0) is 27.7. The Morgan fingerprint density at radius 1 is 0.974 bits per heavy atom. The first-order valence-corrected chi connectivity index (χ1v) is 12.8. The summed E-state index contributed by atoms with van der Waals surface area (Å²) in [4.78, 5) is 29.7. The zero-order valence-electron chi connectivity index (χ0n) is 22.8. The van der Waals surface area contributed by atoms with E-state index >= 15 is 0 Å². The van der Waals surface area contributed by atoms with E-state index < -0.39 is 5.54 Å². The number of methoxy groups -OCH3 is 2. The van der Waals surface area contributed by atoms with Gasteiger partial charge in [0.05, 0.1) is 26.5 Å². The van der Waals surface area contributed by atoms with E-state index in [1.54, 1.807) is 36.8 Å². The second kappa shape index (κ2) is 10.3. The third-order valence-corrected chi connectivity index (χ3v) is 7.12. The first kappa shape index (κ1) is 26.0. The number of amides is 2. The number of ether oxygens (including phenoxy) is 2. The number of benzene rings is 3. The number of aromatic nitrogens is 2. The molecule has 8 nitrogen and oxygen atoms in total. The molecular weight excluding hydrogens is 492 g/mol. The fourth-order valence-corrected chi connectivity index (χ4v) is 5.18. The molecule has 39 heavy (non-hydrogen) atoms. The van der Waals surface area contributed by atoms with Gasteiger partial charge in [-0.25, -0.2) is 0 Å². The third kappa shape index (κ3) is 4.85. The van der Waals surface area contributed by atoms with Crippen LogP contribution >= 0.6 is 0 Å². The van der Waals surface area contributed by atoms with E-state index in [2.05, 4.69) is 5.32 Å². The number of hydrogen-bond acceptors (Lipinski definition) is 5. The Labute approximate surface area is 228 Å². The summed E-state index contributed by atoms with van der Waals surface area (Å²) < 4.78 is 12.4. The highest BCUT2D eigenvalue weighted by Gasteiger charge is 2.49. The van der Waals surface area contributed by atoms with Crippen LogP contribution in [0.1, 0.15) is 34.1 Å². The Hall–Kier alpha value is -4.59. The molecule has 1 atom stereocenters. The van der Waals surface area contributed by atoms with Crippen molar-refractivity contribution >= 4 is 17.5 Å². The minimum absolute atomic E-state index is 0.189. The standard InChI is InChI=1S/C31H32N4O4/c1-20-14-21(2)16-24(15-20)35-29(36)27-17-26(22-10-12-25(38-4)13-11-22)33-34(27)19-31(35,3)30(37)32-18-23-8-6-7-9-28(23)39-5/h6-17H,18-19H2,1-5H3,(H,32,37)/t31-/m1/s1. The second-order valence-electron chi connectivity index (χ2n) is 10.1. The molecule has 3 aromatic carbocycles. The number of fused-ring (bicyclic) bond motifs is 1. The number of para-hydroxylation sites is 1. The number of nitrogens with one attached hydrogen (secondary N) is 1. The molecule has 0 fully saturated rings. The molecule has 0 saturated carbocycles. The lowest BCUT2D eigenvalue weighted by Gasteiger charge is -2.43. The normalized spacial score (nSPS) is 16.5. The van der Waals surface area contributed by atoms with Gasteiger partial charge in [0.2, 0.25) is 5.91 Å². The van der Waals surface area contributed by atoms with Crippen molar-refractivity contribution in [1.29, 1.82) is 0 Å². The lowest BCUT2D eigenvalue weighted by Crippen LogP contribution is -2.64. The monoisotopic (exact) mass is 524 g/mol. The topological polar surface area (TPSA) is 85.7 Å². The summed E-state index contributed by atoms with van der Waals surface area (Å²) in [6.45, 7) is 6.20. The van der Waals surface area contributed by atoms with Crippen molar-refractivity contribution in [2.45, 2.75) is 39.4 Å². The van der Waals surface area contributed by atoms with Crippen molar-refractivity contribution in [2.75, 3.05) is 19.1 Å². The lowest BCUT2D eigenvalue weighted by atomic mass is 9.93. The molecule has 1 aliphatic heterocycles. The SMILES string of the molecule is COc1ccc(-c2cc3n(n2)C[C@](C)(C(=O)NCc2ccccc2OC)N(c2cc(C)cc(C)c2)C3=O)cc1. The molecule has 5 rings (SSSR count). The van der Waals surface area contributed by atoms with Gasteiger partial charge in [0.1, 0.15) is 22.7 Å². The Morgan fingerprint density at radius 3 is 2.33 bits per heavy atom. The number of carbonyl (C=O) groups is 2. The molecule has 0 aliphatic carbocycles. The summed E-state index contributed by atoms with van der Waals surface area (Å²) in [5, 5.41) is 7.79. The van der Waals surface area contributed by atoms with Crippen molar-refractivity contribution in [3.8, 4) is 22.8 Å². The van der Waals surface area contributed by atoms with Crippen LogP contribution < -0.4 is 19.7 Å². The molecule has 0 unspecified atom stereocenters. The third-order valence-electron chi connectivity index (χ3n) is 7.12. The molecule has 1 aromatic heterocycles. The van der Waals surface area contributed by atoms with Crippen molar-refractivity contribution in [1.82, 2.24) is 15.1 Å². The maximum absolute atomic E-state index is 14.1. The molecule has 2 amide bonds. The van der Waals surface area contributed by atoms with E-state index in [9.17, 15) is 9.59 Å². The van der Waals surface area contributed by atoms with Crippen LogP contribution in [0, 0.1) is 13.8 Å². The van der Waals surface area contributed by atoms with Gasteiger partial charge >= 0.3 is 0 Å². The van der Waals surface area contributed by atoms with Gasteiger partial charge in [-0.3, -0.25) is 19.2 Å². The van der Waals surface area contributed by atoms with Crippen LogP contribution in [0.4, 0.5) is 5.69 Å². The van der Waals surface area contributed by atoms with Gasteiger partial charge in [0, 0.05) is 23.4 Å². The summed E-state index contributed by atoms with van der Waals surface area (Å²) in [6.07, 6.45) is 0. The van der Waals surface area contributed by atoms with E-state index in [1.807, 2.05) is 80.6 Å². The predicted octanol–water partition coefficient (Wildman–Crippen LogP) is 4.92. The van der Waals surface area contributed by atoms with Gasteiger partial charge in [0.25, 0.3) is 5.91 Å². The van der Waals surface area contributed by atoms with Gasteiger partial charge in [-0.15, -0.1) is 0 Å². The Kier molecular flexibility index (Phi) is 6.87. The second-order valence-corrected chi connectivity index (χ2v) is 10.1. The fourth-order valence-electron chi connectivity index (χ4n) is 5.18. The number of rotatable bonds is 7. The number of anilines is 1. The van der Waals surface area contributed by atoms with E-state index in [0.29, 0.717) is 22.8 Å². The Morgan fingerprint density at radius 2 is 1.67 bits per heavy atom. The molecule has 1 N–H and O–H groups in total. The minimum atomic E-state index is -1.24. The molecule has 4 aromatic rings. The molecule has 0 spiro atoms. The molecule has 200 valence electrons. The minimum Gasteiger partial charge on any atom is -0.497 e. The average Bonchev–Trinajstić information content (AvgIpc) is 3.35. The quantitative estimate of drug-likeness (QED) is 0.371. The van der Waals surface area contributed by atoms with E-state index in [-0.39, 0.29) is 24.9 Å². The molecule has 2 heterocycles. The maximum atomic E-state index is 14.1. The van der Waals surface area contributed by atoms with Crippen LogP contribution in [-0.4, -0.2) is 41.4 Å². The smallest absolute Gasteiger partial charge is 0.277 e. The van der Waals surface area contributed by atoms with E-state index in [4.69, 9.17) is 14.6 Å². The highest BCUT2D eigenvalue weighted by Crippen LogP contribution is 2.35. The van der Waals surface area contributed by atoms with Crippen LogP contribution in [-0.2, 0) is 17.9 Å². The molecule has 8 heteroatoms. The predicted molar refractivity (Wildman–Crippen MR) is 150 cm³/mol. The first-order valence-electron chi connectivity index (χ1n) is 12.8. The van der Waals surface area contributed by atoms with Crippen LogP contribution in [0.25, 0.3) is 11.3 Å². The van der Waals surface area contributed by atoms with E-state index in [1.165, 1.54) is 0 Å². The van der Waals surface area contributed by atoms with Crippen molar-refractivity contribution < 1.29 is 19.1 Å². The lowest BCUT2D eigenvalue weighted by molar-refractivity contribution is -0.126. The number of hydrogen-bond donors (Lipinski definition) is 1. The summed E-state index contributed by atoms with van der Waals surface area (Å²) in [7, 11) is 3.22. The number of carbonyl (C=O) groups excluding carboxylic acids is 2. The molecule has 0 radical (unpaired) electrons. The molecule has 0 bridgehead atoms. The maximum Gasteiger partial charge on any atom is 0.277 e. The van der Waals surface area contributed by atoms with Gasteiger partial charge in [-0.2, -0.15) is 5.10 Å². The first-order chi connectivity index (χ1) is 18.7. The summed E-state index contributed by atoms with van der Waals surface area (Å²) in [5.41, 5.74) is 4.22. The van der Waals surface area contributed by atoms with Crippen LogP contribution in [0.2, 0.25) is 0 Å².